The van der Waals surface area contributed by atoms with Crippen molar-refractivity contribution in [2.75, 3.05) is 6.61 Å². The zero-order valence-electron chi connectivity index (χ0n) is 17.2. The Balaban J connectivity index is -0.00000176. The first-order valence-corrected chi connectivity index (χ1v) is 10.5. The summed E-state index contributed by atoms with van der Waals surface area (Å²) in [4.78, 5) is 0.239. The van der Waals surface area contributed by atoms with Crippen molar-refractivity contribution < 1.29 is 15.5 Å². The van der Waals surface area contributed by atoms with E-state index in [1.54, 1.807) is 30.3 Å². The molecule has 0 fully saturated rings. The number of rotatable bonds is 14. The van der Waals surface area contributed by atoms with Crippen LogP contribution in [-0.4, -0.2) is 52.8 Å². The monoisotopic (exact) mass is 382 g/mol. The Morgan fingerprint density at radius 1 is 0.792 bits per heavy atom. The zero-order valence-corrected chi connectivity index (χ0v) is 18.2. The van der Waals surface area contributed by atoms with Gasteiger partial charge in [-0.3, -0.25) is 4.18 Å². The van der Waals surface area contributed by atoms with Gasteiger partial charge in [0.1, 0.15) is 0 Å². The Labute approximate surface area is 181 Å². The smallest absolute Gasteiger partial charge is 1.00 e. The Bertz CT molecular complexity index is 499. The molecule has 0 bridgehead atoms. The number of hydrogen-bond acceptors (Lipinski definition) is 3. The minimum atomic E-state index is -3.57. The first-order valence-electron chi connectivity index (χ1n) is 9.11. The van der Waals surface area contributed by atoms with Crippen molar-refractivity contribution in [1.29, 1.82) is 0 Å². The van der Waals surface area contributed by atoms with Gasteiger partial charge in [-0.05, 0) is 18.6 Å². The summed E-state index contributed by atoms with van der Waals surface area (Å²) in [5, 5.41) is 0. The molecule has 1 aromatic carbocycles. The summed E-state index contributed by atoms with van der Waals surface area (Å²) in [5.41, 5.74) is 0. The standard InChI is InChI=1S/C19H32O3S.Ca.2H/c1-2-3-4-5-6-7-8-9-10-11-15-18-22-23(20,21)19-16-13-12-14-17-19;;;/h12-14,16-17H,2-11,15,18H2,1H3;;;/q;+2;2*-1. The Hall–Kier alpha value is 0.390. The van der Waals surface area contributed by atoms with Crippen LogP contribution in [0.3, 0.4) is 0 Å². The van der Waals surface area contributed by atoms with Gasteiger partial charge in [-0.25, -0.2) is 0 Å². The van der Waals surface area contributed by atoms with Gasteiger partial charge in [-0.2, -0.15) is 8.42 Å². The molecule has 5 heteroatoms. The van der Waals surface area contributed by atoms with Crippen molar-refractivity contribution in [2.24, 2.45) is 0 Å². The van der Waals surface area contributed by atoms with E-state index in [9.17, 15) is 8.42 Å². The minimum absolute atomic E-state index is 0. The molecule has 1 aromatic rings. The molecular weight excluding hydrogens is 348 g/mol. The predicted molar refractivity (Wildman–Crippen MR) is 104 cm³/mol. The third-order valence-electron chi connectivity index (χ3n) is 4.02. The Morgan fingerprint density at radius 3 is 1.75 bits per heavy atom. The average molecular weight is 383 g/mol. The molecule has 0 heterocycles. The molecule has 3 nitrogen and oxygen atoms in total. The van der Waals surface area contributed by atoms with Crippen molar-refractivity contribution in [3.05, 3.63) is 30.3 Å². The Morgan fingerprint density at radius 2 is 1.25 bits per heavy atom. The van der Waals surface area contributed by atoms with E-state index < -0.39 is 10.1 Å². The van der Waals surface area contributed by atoms with Gasteiger partial charge in [0.05, 0.1) is 11.5 Å². The van der Waals surface area contributed by atoms with Crippen molar-refractivity contribution in [3.63, 3.8) is 0 Å². The Kier molecular flexibility index (Phi) is 15.9. The largest absolute Gasteiger partial charge is 2.00 e. The summed E-state index contributed by atoms with van der Waals surface area (Å²) in [7, 11) is -3.57. The second kappa shape index (κ2) is 15.6. The first kappa shape index (κ1) is 24.4. The van der Waals surface area contributed by atoms with Crippen molar-refractivity contribution in [2.45, 2.75) is 82.4 Å². The summed E-state index contributed by atoms with van der Waals surface area (Å²) in [6, 6.07) is 8.34. The van der Waals surface area contributed by atoms with Gasteiger partial charge in [0.15, 0.2) is 0 Å². The minimum Gasteiger partial charge on any atom is -1.00 e. The van der Waals surface area contributed by atoms with Crippen LogP contribution >= 0.6 is 0 Å². The van der Waals surface area contributed by atoms with Gasteiger partial charge in [0.25, 0.3) is 10.1 Å². The fourth-order valence-electron chi connectivity index (χ4n) is 2.59. The van der Waals surface area contributed by atoms with Gasteiger partial charge < -0.3 is 2.85 Å². The molecule has 0 saturated heterocycles. The molecule has 0 aliphatic rings. The molecule has 0 spiro atoms. The van der Waals surface area contributed by atoms with Gasteiger partial charge in [-0.1, -0.05) is 89.3 Å². The summed E-state index contributed by atoms with van der Waals surface area (Å²) in [6.07, 6.45) is 13.7. The van der Waals surface area contributed by atoms with Gasteiger partial charge in [0.2, 0.25) is 0 Å². The molecule has 0 N–H and O–H groups in total. The maximum absolute atomic E-state index is 11.9. The van der Waals surface area contributed by atoms with Crippen LogP contribution in [0, 0.1) is 0 Å². The molecule has 0 radical (unpaired) electrons. The molecule has 136 valence electrons. The van der Waals surface area contributed by atoms with Crippen LogP contribution in [-0.2, 0) is 14.3 Å². The molecule has 1 rings (SSSR count). The third kappa shape index (κ3) is 11.9. The van der Waals surface area contributed by atoms with E-state index in [0.717, 1.165) is 12.8 Å². The van der Waals surface area contributed by atoms with E-state index in [0.29, 0.717) is 0 Å². The first-order chi connectivity index (χ1) is 11.2. The van der Waals surface area contributed by atoms with Crippen LogP contribution in [0.4, 0.5) is 0 Å². The predicted octanol–water partition coefficient (Wildman–Crippen LogP) is 5.55. The van der Waals surface area contributed by atoms with Crippen LogP contribution < -0.4 is 0 Å². The van der Waals surface area contributed by atoms with Crippen molar-refractivity contribution >= 4 is 47.9 Å². The SMILES string of the molecule is CCCCCCCCCCCCCOS(=O)(=O)c1ccccc1.[Ca+2].[H-].[H-]. The van der Waals surface area contributed by atoms with E-state index >= 15 is 0 Å². The molecule has 0 atom stereocenters. The van der Waals surface area contributed by atoms with Crippen LogP contribution in [0.25, 0.3) is 0 Å². The van der Waals surface area contributed by atoms with Crippen molar-refractivity contribution in [3.8, 4) is 0 Å². The molecule has 0 aliphatic heterocycles. The average Bonchev–Trinajstić information content (AvgIpc) is 2.56. The topological polar surface area (TPSA) is 43.4 Å². The summed E-state index contributed by atoms with van der Waals surface area (Å²) in [6.45, 7) is 2.53. The number of hydrogen-bond donors (Lipinski definition) is 0. The quantitative estimate of drug-likeness (QED) is 0.241. The second-order valence-corrected chi connectivity index (χ2v) is 7.74. The summed E-state index contributed by atoms with van der Waals surface area (Å²) < 4.78 is 28.9. The summed E-state index contributed by atoms with van der Waals surface area (Å²) in [5.74, 6) is 0. The third-order valence-corrected chi connectivity index (χ3v) is 5.34. The fourth-order valence-corrected chi connectivity index (χ4v) is 3.55. The van der Waals surface area contributed by atoms with Gasteiger partial charge >= 0.3 is 37.7 Å². The maximum Gasteiger partial charge on any atom is 2.00 e. The zero-order chi connectivity index (χ0) is 16.8. The molecule has 0 aliphatic carbocycles. The summed E-state index contributed by atoms with van der Waals surface area (Å²) >= 11 is 0. The molecule has 0 aromatic heterocycles. The van der Waals surface area contributed by atoms with Crippen molar-refractivity contribution in [1.82, 2.24) is 0 Å². The van der Waals surface area contributed by atoms with Crippen LogP contribution in [0.2, 0.25) is 0 Å². The van der Waals surface area contributed by atoms with E-state index in [2.05, 4.69) is 6.92 Å². The van der Waals surface area contributed by atoms with E-state index in [-0.39, 0.29) is 52.1 Å². The fraction of sp³-hybridized carbons (Fsp3) is 0.684. The second-order valence-electron chi connectivity index (χ2n) is 6.12. The molecule has 0 saturated carbocycles. The molecule has 0 unspecified atom stereocenters. The van der Waals surface area contributed by atoms with Crippen LogP contribution in [0.15, 0.2) is 35.2 Å². The van der Waals surface area contributed by atoms with E-state index in [4.69, 9.17) is 4.18 Å². The van der Waals surface area contributed by atoms with E-state index in [1.807, 2.05) is 0 Å². The number of benzene rings is 1. The molecular formula is C19H34CaO3S. The molecule has 24 heavy (non-hydrogen) atoms. The maximum atomic E-state index is 11.9. The number of unbranched alkanes of at least 4 members (excludes halogenated alkanes) is 10. The van der Waals surface area contributed by atoms with Gasteiger partial charge in [0, 0.05) is 0 Å². The normalized spacial score (nSPS) is 11.2. The van der Waals surface area contributed by atoms with Gasteiger partial charge in [-0.15, -0.1) is 0 Å². The van der Waals surface area contributed by atoms with Crippen LogP contribution in [0.5, 0.6) is 0 Å². The molecule has 0 amide bonds. The van der Waals surface area contributed by atoms with Crippen LogP contribution in [0.1, 0.15) is 80.4 Å². The van der Waals surface area contributed by atoms with E-state index in [1.165, 1.54) is 57.8 Å².